The predicted molar refractivity (Wildman–Crippen MR) is 66.2 cm³/mol. The van der Waals surface area contributed by atoms with E-state index < -0.39 is 0 Å². The van der Waals surface area contributed by atoms with Crippen molar-refractivity contribution < 1.29 is 5.11 Å². The normalized spacial score (nSPS) is 12.5. The van der Waals surface area contributed by atoms with Crippen LogP contribution in [0.3, 0.4) is 0 Å². The molecule has 0 saturated carbocycles. The molecule has 15 heavy (non-hydrogen) atoms. The molecule has 0 aromatic carbocycles. The summed E-state index contributed by atoms with van der Waals surface area (Å²) < 4.78 is 0. The number of anilines is 1. The standard InChI is InChI=1S/C11H18N2OS/c1-9(4-6-14)15-8-11-7-10(12-2)3-5-13-11/h3,5,7,9,14H,4,6,8H2,1-2H3,(H,12,13). The average molecular weight is 226 g/mol. The number of rotatable bonds is 6. The first-order valence-corrected chi connectivity index (χ1v) is 6.16. The van der Waals surface area contributed by atoms with Crippen LogP contribution in [0.1, 0.15) is 19.0 Å². The smallest absolute Gasteiger partial charge is 0.0523 e. The van der Waals surface area contributed by atoms with E-state index in [9.17, 15) is 0 Å². The fraction of sp³-hybridized carbons (Fsp3) is 0.545. The zero-order valence-corrected chi connectivity index (χ0v) is 10.0. The minimum Gasteiger partial charge on any atom is -0.396 e. The lowest BCUT2D eigenvalue weighted by Gasteiger charge is -2.09. The van der Waals surface area contributed by atoms with Crippen molar-refractivity contribution in [1.82, 2.24) is 4.98 Å². The number of aliphatic hydroxyl groups is 1. The lowest BCUT2D eigenvalue weighted by atomic mass is 10.3. The topological polar surface area (TPSA) is 45.2 Å². The number of aromatic nitrogens is 1. The maximum atomic E-state index is 8.78. The Labute approximate surface area is 95.3 Å². The number of pyridine rings is 1. The van der Waals surface area contributed by atoms with Gasteiger partial charge >= 0.3 is 0 Å². The monoisotopic (exact) mass is 226 g/mol. The summed E-state index contributed by atoms with van der Waals surface area (Å²) in [5.41, 5.74) is 2.17. The van der Waals surface area contributed by atoms with E-state index in [1.54, 1.807) is 0 Å². The van der Waals surface area contributed by atoms with Gasteiger partial charge in [-0.15, -0.1) is 0 Å². The molecule has 0 amide bonds. The highest BCUT2D eigenvalue weighted by atomic mass is 32.2. The van der Waals surface area contributed by atoms with E-state index in [-0.39, 0.29) is 6.61 Å². The zero-order valence-electron chi connectivity index (χ0n) is 9.23. The third-order valence-corrected chi connectivity index (χ3v) is 3.42. The summed E-state index contributed by atoms with van der Waals surface area (Å²) in [7, 11) is 1.90. The van der Waals surface area contributed by atoms with Crippen molar-refractivity contribution in [3.63, 3.8) is 0 Å². The second kappa shape index (κ2) is 6.69. The van der Waals surface area contributed by atoms with E-state index in [0.29, 0.717) is 5.25 Å². The van der Waals surface area contributed by atoms with Gasteiger partial charge in [-0.25, -0.2) is 0 Å². The molecular formula is C11H18N2OS. The first-order valence-electron chi connectivity index (χ1n) is 5.11. The molecule has 3 nitrogen and oxygen atoms in total. The van der Waals surface area contributed by atoms with Crippen LogP contribution in [0.15, 0.2) is 18.3 Å². The second-order valence-electron chi connectivity index (χ2n) is 3.42. The van der Waals surface area contributed by atoms with Crippen LogP contribution >= 0.6 is 11.8 Å². The third kappa shape index (κ3) is 4.53. The molecule has 0 saturated heterocycles. The van der Waals surface area contributed by atoms with E-state index in [4.69, 9.17) is 5.11 Å². The van der Waals surface area contributed by atoms with Gasteiger partial charge in [0, 0.05) is 36.5 Å². The Bertz CT molecular complexity index is 294. The number of nitrogens with zero attached hydrogens (tertiary/aromatic N) is 1. The molecule has 1 rings (SSSR count). The number of hydrogen-bond acceptors (Lipinski definition) is 4. The van der Waals surface area contributed by atoms with Gasteiger partial charge in [0.25, 0.3) is 0 Å². The van der Waals surface area contributed by atoms with E-state index in [1.807, 2.05) is 31.1 Å². The van der Waals surface area contributed by atoms with E-state index in [0.717, 1.165) is 23.6 Å². The summed E-state index contributed by atoms with van der Waals surface area (Å²) in [4.78, 5) is 4.30. The Kier molecular flexibility index (Phi) is 5.50. The molecule has 1 aromatic rings. The van der Waals surface area contributed by atoms with Crippen molar-refractivity contribution in [2.24, 2.45) is 0 Å². The molecule has 0 fully saturated rings. The predicted octanol–water partition coefficient (Wildman–Crippen LogP) is 2.13. The van der Waals surface area contributed by atoms with Crippen molar-refractivity contribution in [2.75, 3.05) is 19.0 Å². The molecule has 0 aliphatic carbocycles. The minimum absolute atomic E-state index is 0.262. The Morgan fingerprint density at radius 1 is 1.60 bits per heavy atom. The molecule has 0 radical (unpaired) electrons. The van der Waals surface area contributed by atoms with E-state index in [2.05, 4.69) is 23.3 Å². The quantitative estimate of drug-likeness (QED) is 0.780. The van der Waals surface area contributed by atoms with Gasteiger partial charge in [-0.05, 0) is 18.6 Å². The van der Waals surface area contributed by atoms with Crippen LogP contribution in [-0.2, 0) is 5.75 Å². The van der Waals surface area contributed by atoms with Crippen LogP contribution in [0.2, 0.25) is 0 Å². The van der Waals surface area contributed by atoms with Crippen molar-refractivity contribution in [2.45, 2.75) is 24.3 Å². The second-order valence-corrected chi connectivity index (χ2v) is 4.85. The van der Waals surface area contributed by atoms with E-state index in [1.165, 1.54) is 0 Å². The summed E-state index contributed by atoms with van der Waals surface area (Å²) in [6, 6.07) is 4.00. The van der Waals surface area contributed by atoms with Gasteiger partial charge in [0.2, 0.25) is 0 Å². The maximum Gasteiger partial charge on any atom is 0.0523 e. The number of hydrogen-bond donors (Lipinski definition) is 2. The van der Waals surface area contributed by atoms with Crippen LogP contribution in [0, 0.1) is 0 Å². The number of thioether (sulfide) groups is 1. The fourth-order valence-corrected chi connectivity index (χ4v) is 2.09. The largest absolute Gasteiger partial charge is 0.396 e. The first-order chi connectivity index (χ1) is 7.26. The van der Waals surface area contributed by atoms with E-state index >= 15 is 0 Å². The molecule has 1 unspecified atom stereocenters. The summed E-state index contributed by atoms with van der Waals surface area (Å²) in [5.74, 6) is 0.899. The van der Waals surface area contributed by atoms with Crippen LogP contribution in [0.4, 0.5) is 5.69 Å². The highest BCUT2D eigenvalue weighted by Crippen LogP contribution is 2.19. The Morgan fingerprint density at radius 2 is 2.40 bits per heavy atom. The fourth-order valence-electron chi connectivity index (χ4n) is 1.21. The molecular weight excluding hydrogens is 208 g/mol. The average Bonchev–Trinajstić information content (AvgIpc) is 2.27. The molecule has 0 aliphatic heterocycles. The Morgan fingerprint density at radius 3 is 3.07 bits per heavy atom. The Hall–Kier alpha value is -0.740. The Balaban J connectivity index is 2.43. The van der Waals surface area contributed by atoms with Crippen molar-refractivity contribution >= 4 is 17.4 Å². The summed E-state index contributed by atoms with van der Waals surface area (Å²) in [5, 5.41) is 12.3. The van der Waals surface area contributed by atoms with Crippen LogP contribution in [0.5, 0.6) is 0 Å². The lowest BCUT2D eigenvalue weighted by Crippen LogP contribution is -2.01. The third-order valence-electron chi connectivity index (χ3n) is 2.16. The molecule has 0 aliphatic rings. The molecule has 1 heterocycles. The van der Waals surface area contributed by atoms with Gasteiger partial charge in [-0.2, -0.15) is 11.8 Å². The van der Waals surface area contributed by atoms with Crippen molar-refractivity contribution in [3.05, 3.63) is 24.0 Å². The van der Waals surface area contributed by atoms with Gasteiger partial charge in [-0.1, -0.05) is 6.92 Å². The summed E-state index contributed by atoms with van der Waals surface area (Å²) in [6.45, 7) is 2.39. The molecule has 1 atom stereocenters. The maximum absolute atomic E-state index is 8.78. The SMILES string of the molecule is CNc1ccnc(CSC(C)CCO)c1. The van der Waals surface area contributed by atoms with Crippen LogP contribution < -0.4 is 5.32 Å². The number of nitrogens with one attached hydrogen (secondary N) is 1. The molecule has 84 valence electrons. The lowest BCUT2D eigenvalue weighted by molar-refractivity contribution is 0.289. The summed E-state index contributed by atoms with van der Waals surface area (Å²) >= 11 is 1.82. The van der Waals surface area contributed by atoms with Gasteiger partial charge in [0.1, 0.15) is 0 Å². The highest BCUT2D eigenvalue weighted by Gasteiger charge is 2.03. The van der Waals surface area contributed by atoms with Gasteiger partial charge in [-0.3, -0.25) is 4.98 Å². The molecule has 2 N–H and O–H groups in total. The molecule has 4 heteroatoms. The molecule has 0 spiro atoms. The van der Waals surface area contributed by atoms with Crippen LogP contribution in [-0.4, -0.2) is 29.0 Å². The van der Waals surface area contributed by atoms with Gasteiger partial charge in [0.15, 0.2) is 0 Å². The molecule has 0 bridgehead atoms. The first kappa shape index (κ1) is 12.3. The van der Waals surface area contributed by atoms with Crippen molar-refractivity contribution in [1.29, 1.82) is 0 Å². The van der Waals surface area contributed by atoms with Crippen LogP contribution in [0.25, 0.3) is 0 Å². The highest BCUT2D eigenvalue weighted by molar-refractivity contribution is 7.99. The summed E-state index contributed by atoms with van der Waals surface area (Å²) in [6.07, 6.45) is 2.66. The van der Waals surface area contributed by atoms with Gasteiger partial charge in [0.05, 0.1) is 5.69 Å². The van der Waals surface area contributed by atoms with Gasteiger partial charge < -0.3 is 10.4 Å². The van der Waals surface area contributed by atoms with Crippen molar-refractivity contribution in [3.8, 4) is 0 Å². The number of aliphatic hydroxyl groups excluding tert-OH is 1. The molecule has 1 aromatic heterocycles. The zero-order chi connectivity index (χ0) is 11.1. The minimum atomic E-state index is 0.262.